The van der Waals surface area contributed by atoms with Crippen LogP contribution in [0.3, 0.4) is 0 Å². The Bertz CT molecular complexity index is 1250. The molecule has 0 atom stereocenters. The minimum absolute atomic E-state index is 0.0520. The number of rotatable bonds is 1. The quantitative estimate of drug-likeness (QED) is 0.632. The van der Waals surface area contributed by atoms with Crippen LogP contribution in [0.15, 0.2) is 18.2 Å². The smallest absolute Gasteiger partial charge is 0.207 e. The highest BCUT2D eigenvalue weighted by Gasteiger charge is 2.47. The first kappa shape index (κ1) is 18.1. The van der Waals surface area contributed by atoms with Gasteiger partial charge in [-0.25, -0.2) is 4.98 Å². The van der Waals surface area contributed by atoms with E-state index < -0.39 is 5.41 Å². The van der Waals surface area contributed by atoms with Crippen LogP contribution in [0.25, 0.3) is 10.9 Å². The second kappa shape index (κ2) is 5.93. The van der Waals surface area contributed by atoms with Gasteiger partial charge in [-0.2, -0.15) is 5.26 Å². The minimum atomic E-state index is -0.392. The van der Waals surface area contributed by atoms with Crippen LogP contribution < -0.4 is 10.2 Å². The Kier molecular flexibility index (Phi) is 3.58. The van der Waals surface area contributed by atoms with Gasteiger partial charge in [-0.1, -0.05) is 17.4 Å². The van der Waals surface area contributed by atoms with Crippen LogP contribution in [0.1, 0.15) is 58.9 Å². The maximum Gasteiger partial charge on any atom is 0.207 e. The maximum absolute atomic E-state index is 13.5. The van der Waals surface area contributed by atoms with Gasteiger partial charge in [0.15, 0.2) is 5.13 Å². The monoisotopic (exact) mass is 417 g/mol. The Morgan fingerprint density at radius 3 is 2.73 bits per heavy atom. The van der Waals surface area contributed by atoms with Crippen molar-refractivity contribution in [2.75, 3.05) is 31.1 Å². The zero-order valence-corrected chi connectivity index (χ0v) is 17.9. The van der Waals surface area contributed by atoms with Crippen LogP contribution in [-0.4, -0.2) is 41.9 Å². The molecule has 0 bridgehead atoms. The molecule has 2 saturated heterocycles. The van der Waals surface area contributed by atoms with Crippen LogP contribution in [0.4, 0.5) is 5.13 Å². The molecule has 30 heavy (non-hydrogen) atoms. The third-order valence-electron chi connectivity index (χ3n) is 7.18. The van der Waals surface area contributed by atoms with Gasteiger partial charge < -0.3 is 15.2 Å². The van der Waals surface area contributed by atoms with E-state index in [-0.39, 0.29) is 5.78 Å². The van der Waals surface area contributed by atoms with Crippen molar-refractivity contribution in [3.8, 4) is 6.07 Å². The molecule has 3 aromatic rings. The molecule has 3 aliphatic rings. The fourth-order valence-corrected chi connectivity index (χ4v) is 6.57. The van der Waals surface area contributed by atoms with E-state index in [0.29, 0.717) is 11.0 Å². The maximum atomic E-state index is 13.5. The van der Waals surface area contributed by atoms with E-state index in [1.165, 1.54) is 12.8 Å². The summed E-state index contributed by atoms with van der Waals surface area (Å²) in [5.41, 5.74) is 3.98. The van der Waals surface area contributed by atoms with E-state index in [1.807, 2.05) is 12.1 Å². The number of H-pyrrole nitrogens is 1. The Balaban J connectivity index is 1.40. The summed E-state index contributed by atoms with van der Waals surface area (Å²) in [6, 6.07) is 7.67. The average molecular weight is 418 g/mol. The summed E-state index contributed by atoms with van der Waals surface area (Å²) >= 11 is 1.54. The molecule has 4 heterocycles. The molecular weight excluding hydrogens is 394 g/mol. The average Bonchev–Trinajstić information content (AvgIpc) is 3.34. The molecule has 0 saturated carbocycles. The van der Waals surface area contributed by atoms with Crippen LogP contribution in [0.2, 0.25) is 0 Å². The Hall–Kier alpha value is -2.69. The topological polar surface area (TPSA) is 84.8 Å². The predicted octanol–water partition coefficient (Wildman–Crippen LogP) is 3.56. The van der Waals surface area contributed by atoms with E-state index in [4.69, 9.17) is 4.98 Å². The number of thiazole rings is 1. The number of carbonyl (C=O) groups excluding carboxylic acids is 1. The van der Waals surface area contributed by atoms with Gasteiger partial charge in [0, 0.05) is 40.5 Å². The molecule has 1 aliphatic carbocycles. The summed E-state index contributed by atoms with van der Waals surface area (Å²) in [6.07, 6.45) is 2.44. The Morgan fingerprint density at radius 1 is 1.23 bits per heavy atom. The molecule has 2 N–H and O–H groups in total. The van der Waals surface area contributed by atoms with Gasteiger partial charge in [-0.15, -0.1) is 0 Å². The molecule has 6 rings (SSSR count). The van der Waals surface area contributed by atoms with Crippen molar-refractivity contribution >= 4 is 33.2 Å². The standard InChI is InChI=1S/C23H23N5OS/c1-22(2)19-16(14-4-3-13(10-24)9-15(14)26-19)17(29)18-20(22)27-21(30-18)28-11-23(12-28)5-7-25-8-6-23/h3-4,9,25-26H,5-8,11-12H2,1-2H3. The van der Waals surface area contributed by atoms with Crippen molar-refractivity contribution in [3.05, 3.63) is 45.6 Å². The van der Waals surface area contributed by atoms with Crippen molar-refractivity contribution < 1.29 is 4.79 Å². The van der Waals surface area contributed by atoms with Gasteiger partial charge in [0.05, 0.1) is 22.9 Å². The number of benzene rings is 1. The van der Waals surface area contributed by atoms with Gasteiger partial charge in [0.2, 0.25) is 5.78 Å². The number of fused-ring (bicyclic) bond motifs is 4. The Labute approximate surface area is 178 Å². The molecule has 0 unspecified atom stereocenters. The molecule has 0 radical (unpaired) electrons. The lowest BCUT2D eigenvalue weighted by atomic mass is 9.73. The van der Waals surface area contributed by atoms with Crippen LogP contribution in [-0.2, 0) is 5.41 Å². The fraction of sp³-hybridized carbons (Fsp3) is 0.435. The number of ketones is 1. The van der Waals surface area contributed by atoms with Gasteiger partial charge in [0.25, 0.3) is 0 Å². The largest absolute Gasteiger partial charge is 0.357 e. The number of hydrogen-bond donors (Lipinski definition) is 2. The molecule has 2 aliphatic heterocycles. The highest BCUT2D eigenvalue weighted by atomic mass is 32.1. The van der Waals surface area contributed by atoms with E-state index >= 15 is 0 Å². The highest BCUT2D eigenvalue weighted by molar-refractivity contribution is 7.18. The van der Waals surface area contributed by atoms with Gasteiger partial charge >= 0.3 is 0 Å². The predicted molar refractivity (Wildman–Crippen MR) is 117 cm³/mol. The molecule has 152 valence electrons. The van der Waals surface area contributed by atoms with Crippen molar-refractivity contribution in [3.63, 3.8) is 0 Å². The number of nitrogens with zero attached hydrogens (tertiary/aromatic N) is 3. The number of nitrogens with one attached hydrogen (secondary N) is 2. The number of hydrogen-bond acceptors (Lipinski definition) is 6. The summed E-state index contributed by atoms with van der Waals surface area (Å²) in [7, 11) is 0. The third-order valence-corrected chi connectivity index (χ3v) is 8.30. The first-order chi connectivity index (χ1) is 14.4. The lowest BCUT2D eigenvalue weighted by Gasteiger charge is -2.52. The van der Waals surface area contributed by atoms with Crippen molar-refractivity contribution in [1.29, 1.82) is 5.26 Å². The lowest BCUT2D eigenvalue weighted by molar-refractivity contribution is 0.103. The first-order valence-corrected chi connectivity index (χ1v) is 11.3. The number of aromatic amines is 1. The van der Waals surface area contributed by atoms with Crippen molar-refractivity contribution in [1.82, 2.24) is 15.3 Å². The summed E-state index contributed by atoms with van der Waals surface area (Å²) in [5, 5.41) is 14.5. The normalized spacial score (nSPS) is 21.2. The molecule has 6 nitrogen and oxygen atoms in total. The van der Waals surface area contributed by atoms with Gasteiger partial charge in [0.1, 0.15) is 4.88 Å². The summed E-state index contributed by atoms with van der Waals surface area (Å²) < 4.78 is 0. The fourth-order valence-electron chi connectivity index (χ4n) is 5.40. The van der Waals surface area contributed by atoms with Crippen LogP contribution in [0, 0.1) is 16.7 Å². The third kappa shape index (κ3) is 2.32. The lowest BCUT2D eigenvalue weighted by Crippen LogP contribution is -2.60. The van der Waals surface area contributed by atoms with E-state index in [0.717, 1.165) is 64.0 Å². The SMILES string of the molecule is CC1(C)c2nc(N3CC4(CCNCC4)C3)sc2C(=O)c2c1[nH]c1cc(C#N)ccc21. The van der Waals surface area contributed by atoms with Crippen LogP contribution in [0.5, 0.6) is 0 Å². The molecule has 2 fully saturated rings. The number of nitriles is 1. The first-order valence-electron chi connectivity index (χ1n) is 10.5. The summed E-state index contributed by atoms with van der Waals surface area (Å²) in [5.74, 6) is 0.0520. The second-order valence-electron chi connectivity index (χ2n) is 9.48. The van der Waals surface area contributed by atoms with Gasteiger partial charge in [-0.05, 0) is 51.9 Å². The van der Waals surface area contributed by atoms with Gasteiger partial charge in [-0.3, -0.25) is 4.79 Å². The van der Waals surface area contributed by atoms with E-state index in [2.05, 4.69) is 35.1 Å². The highest BCUT2D eigenvalue weighted by Crippen LogP contribution is 2.49. The second-order valence-corrected chi connectivity index (χ2v) is 10.5. The molecule has 1 spiro atoms. The minimum Gasteiger partial charge on any atom is -0.357 e. The molecule has 2 aromatic heterocycles. The number of aromatic nitrogens is 2. The molecule has 1 aromatic carbocycles. The molecular formula is C23H23N5OS. The number of anilines is 1. The summed E-state index contributed by atoms with van der Waals surface area (Å²) in [4.78, 5) is 25.1. The van der Waals surface area contributed by atoms with E-state index in [1.54, 1.807) is 17.4 Å². The Morgan fingerprint density at radius 2 is 2.00 bits per heavy atom. The number of piperidine rings is 1. The summed E-state index contributed by atoms with van der Waals surface area (Å²) in [6.45, 7) is 8.55. The number of carbonyl (C=O) groups is 1. The zero-order valence-electron chi connectivity index (χ0n) is 17.1. The van der Waals surface area contributed by atoms with Crippen molar-refractivity contribution in [2.45, 2.75) is 32.1 Å². The molecule has 0 amide bonds. The zero-order chi connectivity index (χ0) is 20.7. The van der Waals surface area contributed by atoms with E-state index in [9.17, 15) is 10.1 Å². The van der Waals surface area contributed by atoms with Crippen LogP contribution >= 0.6 is 11.3 Å². The van der Waals surface area contributed by atoms with Crippen molar-refractivity contribution in [2.24, 2.45) is 5.41 Å². The molecule has 7 heteroatoms.